The molecule has 0 aliphatic rings. The summed E-state index contributed by atoms with van der Waals surface area (Å²) in [5, 5.41) is 0. The molecule has 0 radical (unpaired) electrons. The number of carbonyl (C=O) groups excluding carboxylic acids is 2. The van der Waals surface area contributed by atoms with Crippen molar-refractivity contribution in [3.05, 3.63) is 58.4 Å². The van der Waals surface area contributed by atoms with E-state index in [1.807, 2.05) is 37.3 Å². The highest BCUT2D eigenvalue weighted by molar-refractivity contribution is 7.16. The number of aromatic nitrogens is 1. The number of hydrogen-bond donors (Lipinski definition) is 0. The lowest BCUT2D eigenvalue weighted by Gasteiger charge is -2.18. The monoisotopic (exact) mass is 426 g/mol. The van der Waals surface area contributed by atoms with Crippen molar-refractivity contribution < 1.29 is 19.1 Å². The summed E-state index contributed by atoms with van der Waals surface area (Å²) in [6, 6.07) is 13.1. The number of hydrogen-bond acceptors (Lipinski definition) is 5. The zero-order valence-electron chi connectivity index (χ0n) is 17.9. The van der Waals surface area contributed by atoms with E-state index in [0.717, 1.165) is 15.8 Å². The Bertz CT molecular complexity index is 1130. The average molecular weight is 427 g/mol. The van der Waals surface area contributed by atoms with Gasteiger partial charge in [0, 0.05) is 5.56 Å². The first-order valence-corrected chi connectivity index (χ1v) is 10.6. The number of benzene rings is 2. The van der Waals surface area contributed by atoms with Crippen molar-refractivity contribution >= 4 is 33.4 Å². The average Bonchev–Trinajstić information content (AvgIpc) is 3.05. The summed E-state index contributed by atoms with van der Waals surface area (Å²) < 4.78 is 13.1. The Balaban J connectivity index is 2.10. The van der Waals surface area contributed by atoms with E-state index >= 15 is 0 Å². The van der Waals surface area contributed by atoms with Crippen LogP contribution in [0.2, 0.25) is 0 Å². The van der Waals surface area contributed by atoms with Crippen LogP contribution in [0.15, 0.2) is 47.5 Å². The van der Waals surface area contributed by atoms with Crippen LogP contribution in [-0.4, -0.2) is 30.2 Å². The van der Waals surface area contributed by atoms with E-state index in [2.05, 4.69) is 25.8 Å². The molecule has 0 bridgehead atoms. The van der Waals surface area contributed by atoms with Gasteiger partial charge in [-0.1, -0.05) is 50.3 Å². The number of amides is 1. The van der Waals surface area contributed by atoms with Gasteiger partial charge in [-0.3, -0.25) is 9.59 Å². The van der Waals surface area contributed by atoms with Crippen molar-refractivity contribution in [2.75, 3.05) is 13.7 Å². The van der Waals surface area contributed by atoms with Crippen molar-refractivity contribution in [1.82, 2.24) is 4.57 Å². The van der Waals surface area contributed by atoms with Gasteiger partial charge in [0.1, 0.15) is 17.8 Å². The van der Waals surface area contributed by atoms with Gasteiger partial charge in [0.25, 0.3) is 5.91 Å². The van der Waals surface area contributed by atoms with Crippen molar-refractivity contribution in [3.8, 4) is 5.75 Å². The van der Waals surface area contributed by atoms with Crippen LogP contribution in [0.1, 0.15) is 43.6 Å². The van der Waals surface area contributed by atoms with E-state index in [0.29, 0.717) is 22.7 Å². The third-order valence-electron chi connectivity index (χ3n) is 4.67. The standard InChI is InChI=1S/C23H26N2O4S/c1-6-29-17-8-7-9-18-20(17)25(14-19(26)28-5)22(30-18)24-21(27)15-10-12-16(13-11-15)23(2,3)4/h7-13H,6,14H2,1-5H3. The molecule has 1 heterocycles. The fourth-order valence-electron chi connectivity index (χ4n) is 3.06. The lowest BCUT2D eigenvalue weighted by atomic mass is 9.87. The van der Waals surface area contributed by atoms with Gasteiger partial charge < -0.3 is 14.0 Å². The van der Waals surface area contributed by atoms with Crippen molar-refractivity contribution in [1.29, 1.82) is 0 Å². The highest BCUT2D eigenvalue weighted by Gasteiger charge is 2.17. The van der Waals surface area contributed by atoms with E-state index in [1.54, 1.807) is 16.7 Å². The highest BCUT2D eigenvalue weighted by atomic mass is 32.1. The van der Waals surface area contributed by atoms with Crippen molar-refractivity contribution in [3.63, 3.8) is 0 Å². The molecular weight excluding hydrogens is 400 g/mol. The molecule has 0 saturated heterocycles. The SMILES string of the molecule is CCOc1cccc2sc(=NC(=O)c3ccc(C(C)(C)C)cc3)n(CC(=O)OC)c12. The molecule has 0 N–H and O–H groups in total. The fourth-order valence-corrected chi connectivity index (χ4v) is 4.10. The number of para-hydroxylation sites is 1. The summed E-state index contributed by atoms with van der Waals surface area (Å²) >= 11 is 1.33. The topological polar surface area (TPSA) is 69.9 Å². The number of carbonyl (C=O) groups is 2. The highest BCUT2D eigenvalue weighted by Crippen LogP contribution is 2.28. The Kier molecular flexibility index (Phi) is 6.41. The molecule has 30 heavy (non-hydrogen) atoms. The molecule has 6 nitrogen and oxygen atoms in total. The Morgan fingerprint density at radius 1 is 1.10 bits per heavy atom. The van der Waals surface area contributed by atoms with Crippen LogP contribution in [-0.2, 0) is 21.5 Å². The summed E-state index contributed by atoms with van der Waals surface area (Å²) in [5.41, 5.74) is 2.37. The Hall–Kier alpha value is -2.93. The predicted molar refractivity (Wildman–Crippen MR) is 118 cm³/mol. The normalized spacial score (nSPS) is 12.2. The van der Waals surface area contributed by atoms with E-state index in [4.69, 9.17) is 9.47 Å². The van der Waals surface area contributed by atoms with Crippen LogP contribution >= 0.6 is 11.3 Å². The van der Waals surface area contributed by atoms with Crippen LogP contribution in [0, 0.1) is 0 Å². The summed E-state index contributed by atoms with van der Waals surface area (Å²) in [7, 11) is 1.33. The minimum absolute atomic E-state index is 0.00338. The van der Waals surface area contributed by atoms with Gasteiger partial charge in [-0.2, -0.15) is 4.99 Å². The number of nitrogens with zero attached hydrogens (tertiary/aromatic N) is 2. The van der Waals surface area contributed by atoms with Gasteiger partial charge in [0.05, 0.1) is 18.4 Å². The minimum atomic E-state index is -0.426. The van der Waals surface area contributed by atoms with E-state index in [-0.39, 0.29) is 17.9 Å². The Morgan fingerprint density at radius 3 is 2.40 bits per heavy atom. The molecule has 0 aliphatic heterocycles. The summed E-state index contributed by atoms with van der Waals surface area (Å²) in [4.78, 5) is 29.6. The zero-order valence-corrected chi connectivity index (χ0v) is 18.7. The fraction of sp³-hybridized carbons (Fsp3) is 0.348. The predicted octanol–water partition coefficient (Wildman–Crippen LogP) is 4.31. The van der Waals surface area contributed by atoms with Gasteiger partial charge in [-0.25, -0.2) is 0 Å². The maximum Gasteiger partial charge on any atom is 0.325 e. The molecule has 2 aromatic carbocycles. The molecule has 1 aromatic heterocycles. The van der Waals surface area contributed by atoms with Crippen LogP contribution in [0.4, 0.5) is 0 Å². The van der Waals surface area contributed by atoms with Crippen LogP contribution in [0.5, 0.6) is 5.75 Å². The van der Waals surface area contributed by atoms with E-state index < -0.39 is 5.97 Å². The smallest absolute Gasteiger partial charge is 0.325 e. The molecule has 0 spiro atoms. The van der Waals surface area contributed by atoms with Gasteiger partial charge >= 0.3 is 5.97 Å². The molecule has 3 aromatic rings. The lowest BCUT2D eigenvalue weighted by Crippen LogP contribution is -2.22. The molecule has 158 valence electrons. The van der Waals surface area contributed by atoms with Gasteiger partial charge in [-0.15, -0.1) is 0 Å². The second kappa shape index (κ2) is 8.83. The van der Waals surface area contributed by atoms with Crippen molar-refractivity contribution in [2.45, 2.75) is 39.7 Å². The molecule has 0 saturated carbocycles. The van der Waals surface area contributed by atoms with Crippen molar-refractivity contribution in [2.24, 2.45) is 4.99 Å². The first-order chi connectivity index (χ1) is 14.2. The van der Waals surface area contributed by atoms with Gasteiger partial charge in [-0.05, 0) is 42.2 Å². The number of rotatable bonds is 5. The molecule has 0 atom stereocenters. The third-order valence-corrected chi connectivity index (χ3v) is 5.72. The first-order valence-electron chi connectivity index (χ1n) is 9.76. The second-order valence-electron chi connectivity index (χ2n) is 7.83. The van der Waals surface area contributed by atoms with Crippen LogP contribution in [0.25, 0.3) is 10.2 Å². The van der Waals surface area contributed by atoms with Crippen LogP contribution < -0.4 is 9.54 Å². The molecule has 1 amide bonds. The summed E-state index contributed by atoms with van der Waals surface area (Å²) in [6.07, 6.45) is 0. The van der Waals surface area contributed by atoms with Gasteiger partial charge in [0.2, 0.25) is 0 Å². The quantitative estimate of drug-likeness (QED) is 0.570. The Morgan fingerprint density at radius 2 is 1.80 bits per heavy atom. The first kappa shape index (κ1) is 21.8. The summed E-state index contributed by atoms with van der Waals surface area (Å²) in [6.45, 7) is 8.69. The maximum atomic E-state index is 12.8. The Labute approximate surface area is 179 Å². The van der Waals surface area contributed by atoms with Gasteiger partial charge in [0.15, 0.2) is 4.80 Å². The lowest BCUT2D eigenvalue weighted by molar-refractivity contribution is -0.141. The number of thiazole rings is 1. The molecule has 0 aliphatic carbocycles. The van der Waals surface area contributed by atoms with Crippen LogP contribution in [0.3, 0.4) is 0 Å². The summed E-state index contributed by atoms with van der Waals surface area (Å²) in [5.74, 6) is -0.151. The molecule has 0 unspecified atom stereocenters. The molecular formula is C23H26N2O4S. The number of ether oxygens (including phenoxy) is 2. The number of esters is 1. The molecule has 3 rings (SSSR count). The maximum absolute atomic E-state index is 12.8. The van der Waals surface area contributed by atoms with E-state index in [9.17, 15) is 9.59 Å². The molecule has 7 heteroatoms. The molecule has 0 fully saturated rings. The minimum Gasteiger partial charge on any atom is -0.492 e. The second-order valence-corrected chi connectivity index (χ2v) is 8.84. The largest absolute Gasteiger partial charge is 0.492 e. The number of methoxy groups -OCH3 is 1. The third kappa shape index (κ3) is 4.62. The van der Waals surface area contributed by atoms with E-state index in [1.165, 1.54) is 18.4 Å². The number of fused-ring (bicyclic) bond motifs is 1. The zero-order chi connectivity index (χ0) is 21.9.